The monoisotopic (exact) mass is 252 g/mol. The van der Waals surface area contributed by atoms with Crippen molar-refractivity contribution < 1.29 is 4.42 Å². The van der Waals surface area contributed by atoms with Gasteiger partial charge in [-0.05, 0) is 36.6 Å². The third kappa shape index (κ3) is 2.80. The molecule has 0 bridgehead atoms. The Hall–Kier alpha value is -1.03. The molecule has 1 heterocycles. The summed E-state index contributed by atoms with van der Waals surface area (Å²) < 4.78 is 5.78. The summed E-state index contributed by atoms with van der Waals surface area (Å²) in [7, 11) is 0. The van der Waals surface area contributed by atoms with Gasteiger partial charge in [-0.15, -0.1) is 0 Å². The molecule has 2 aromatic rings. The summed E-state index contributed by atoms with van der Waals surface area (Å²) in [5.74, 6) is 6.98. The Kier molecular flexibility index (Phi) is 3.72. The average Bonchev–Trinajstić information content (AvgIpc) is 2.68. The van der Waals surface area contributed by atoms with Crippen LogP contribution in [-0.4, -0.2) is 0 Å². The number of fused-ring (bicyclic) bond motifs is 1. The highest BCUT2D eigenvalue weighted by molar-refractivity contribution is 6.31. The number of hydrogen-bond donors (Lipinski definition) is 2. The maximum absolute atomic E-state index is 5.94. The number of hydrogen-bond acceptors (Lipinski definition) is 3. The van der Waals surface area contributed by atoms with Crippen molar-refractivity contribution in [2.75, 3.05) is 0 Å². The zero-order valence-electron chi connectivity index (χ0n) is 10.0. The summed E-state index contributed by atoms with van der Waals surface area (Å²) in [6.07, 6.45) is 0.935. The first kappa shape index (κ1) is 12.4. The molecule has 17 heavy (non-hydrogen) atoms. The van der Waals surface area contributed by atoms with Crippen molar-refractivity contribution in [1.82, 2.24) is 5.43 Å². The van der Waals surface area contributed by atoms with E-state index in [4.69, 9.17) is 21.9 Å². The van der Waals surface area contributed by atoms with E-state index in [1.54, 1.807) is 0 Å². The lowest BCUT2D eigenvalue weighted by molar-refractivity contribution is 0.376. The van der Waals surface area contributed by atoms with Gasteiger partial charge in [-0.1, -0.05) is 25.4 Å². The lowest BCUT2D eigenvalue weighted by Gasteiger charge is -2.15. The first-order valence-corrected chi connectivity index (χ1v) is 6.13. The van der Waals surface area contributed by atoms with E-state index in [0.717, 1.165) is 23.2 Å². The zero-order chi connectivity index (χ0) is 12.4. The van der Waals surface area contributed by atoms with Crippen LogP contribution in [-0.2, 0) is 0 Å². The van der Waals surface area contributed by atoms with Crippen LogP contribution in [0, 0.1) is 5.92 Å². The quantitative estimate of drug-likeness (QED) is 0.645. The molecule has 3 nitrogen and oxygen atoms in total. The number of rotatable bonds is 4. The first-order valence-electron chi connectivity index (χ1n) is 5.75. The lowest BCUT2D eigenvalue weighted by Crippen LogP contribution is -2.28. The predicted octanol–water partition coefficient (Wildman–Crippen LogP) is 3.64. The van der Waals surface area contributed by atoms with Crippen molar-refractivity contribution in [2.24, 2.45) is 11.8 Å². The van der Waals surface area contributed by atoms with Crippen LogP contribution in [0.3, 0.4) is 0 Å². The van der Waals surface area contributed by atoms with Crippen LogP contribution in [0.25, 0.3) is 11.0 Å². The van der Waals surface area contributed by atoms with Crippen LogP contribution < -0.4 is 11.3 Å². The number of nitrogens with one attached hydrogen (secondary N) is 1. The number of nitrogens with two attached hydrogens (primary N) is 1. The summed E-state index contributed by atoms with van der Waals surface area (Å²) >= 11 is 5.94. The Morgan fingerprint density at radius 1 is 1.35 bits per heavy atom. The van der Waals surface area contributed by atoms with E-state index in [0.29, 0.717) is 10.9 Å². The van der Waals surface area contributed by atoms with Crippen molar-refractivity contribution in [3.8, 4) is 0 Å². The molecule has 3 N–H and O–H groups in total. The molecule has 0 amide bonds. The Balaban J connectivity index is 2.34. The van der Waals surface area contributed by atoms with E-state index in [2.05, 4.69) is 19.3 Å². The van der Waals surface area contributed by atoms with E-state index >= 15 is 0 Å². The largest absolute Gasteiger partial charge is 0.459 e. The molecule has 4 heteroatoms. The highest BCUT2D eigenvalue weighted by atomic mass is 35.5. The van der Waals surface area contributed by atoms with Crippen molar-refractivity contribution in [3.63, 3.8) is 0 Å². The van der Waals surface area contributed by atoms with Gasteiger partial charge in [0.05, 0.1) is 6.04 Å². The minimum Gasteiger partial charge on any atom is -0.459 e. The molecule has 0 aliphatic carbocycles. The average molecular weight is 253 g/mol. The van der Waals surface area contributed by atoms with E-state index in [1.807, 2.05) is 24.3 Å². The minimum atomic E-state index is 0.0428. The molecule has 0 aliphatic rings. The topological polar surface area (TPSA) is 51.2 Å². The molecule has 0 radical (unpaired) electrons. The molecule has 0 saturated carbocycles. The summed E-state index contributed by atoms with van der Waals surface area (Å²) in [5, 5.41) is 1.72. The lowest BCUT2D eigenvalue weighted by atomic mass is 10.0. The minimum absolute atomic E-state index is 0.0428. The second-order valence-electron chi connectivity index (χ2n) is 4.68. The van der Waals surface area contributed by atoms with Gasteiger partial charge in [0.25, 0.3) is 0 Å². The van der Waals surface area contributed by atoms with Gasteiger partial charge in [0.1, 0.15) is 11.3 Å². The number of halogens is 1. The molecule has 0 saturated heterocycles. The van der Waals surface area contributed by atoms with Gasteiger partial charge < -0.3 is 4.42 Å². The van der Waals surface area contributed by atoms with E-state index in [9.17, 15) is 0 Å². The maximum atomic E-state index is 5.94. The fraction of sp³-hybridized carbons (Fsp3) is 0.385. The fourth-order valence-corrected chi connectivity index (χ4v) is 2.12. The molecule has 92 valence electrons. The molecule has 0 fully saturated rings. The number of hydrazine groups is 1. The summed E-state index contributed by atoms with van der Waals surface area (Å²) in [6, 6.07) is 7.64. The third-order valence-electron chi connectivity index (χ3n) is 2.75. The highest BCUT2D eigenvalue weighted by Crippen LogP contribution is 2.28. The Labute approximate surface area is 106 Å². The SMILES string of the molecule is CC(C)CC(NN)c1cc2cc(Cl)ccc2o1. The third-order valence-corrected chi connectivity index (χ3v) is 2.98. The van der Waals surface area contributed by atoms with Gasteiger partial charge >= 0.3 is 0 Å². The highest BCUT2D eigenvalue weighted by Gasteiger charge is 2.16. The Morgan fingerprint density at radius 3 is 2.76 bits per heavy atom. The van der Waals surface area contributed by atoms with Crippen LogP contribution in [0.15, 0.2) is 28.7 Å². The second kappa shape index (κ2) is 5.08. The Bertz CT molecular complexity index is 507. The van der Waals surface area contributed by atoms with Crippen LogP contribution in [0.1, 0.15) is 32.1 Å². The van der Waals surface area contributed by atoms with Crippen molar-refractivity contribution in [3.05, 3.63) is 35.0 Å². The molecule has 1 aromatic carbocycles. The first-order chi connectivity index (χ1) is 8.10. The Morgan fingerprint density at radius 2 is 2.12 bits per heavy atom. The van der Waals surface area contributed by atoms with E-state index in [1.165, 1.54) is 0 Å². The zero-order valence-corrected chi connectivity index (χ0v) is 10.8. The molecular formula is C13H17ClN2O. The van der Waals surface area contributed by atoms with Crippen LogP contribution in [0.2, 0.25) is 5.02 Å². The second-order valence-corrected chi connectivity index (χ2v) is 5.12. The molecular weight excluding hydrogens is 236 g/mol. The molecule has 1 atom stereocenters. The van der Waals surface area contributed by atoms with E-state index < -0.39 is 0 Å². The fourth-order valence-electron chi connectivity index (χ4n) is 1.94. The standard InChI is InChI=1S/C13H17ClN2O/c1-8(2)5-11(16-15)13-7-9-6-10(14)3-4-12(9)17-13/h3-4,6-8,11,16H,5,15H2,1-2H3. The van der Waals surface area contributed by atoms with Crippen molar-refractivity contribution in [1.29, 1.82) is 0 Å². The molecule has 0 spiro atoms. The van der Waals surface area contributed by atoms with Gasteiger partial charge in [-0.25, -0.2) is 5.43 Å². The molecule has 0 aliphatic heterocycles. The van der Waals surface area contributed by atoms with Crippen LogP contribution in [0.4, 0.5) is 0 Å². The molecule has 1 aromatic heterocycles. The van der Waals surface area contributed by atoms with Crippen LogP contribution >= 0.6 is 11.6 Å². The summed E-state index contributed by atoms with van der Waals surface area (Å²) in [5.41, 5.74) is 3.64. The van der Waals surface area contributed by atoms with Crippen LogP contribution in [0.5, 0.6) is 0 Å². The van der Waals surface area contributed by atoms with Gasteiger partial charge in [0.2, 0.25) is 0 Å². The van der Waals surface area contributed by atoms with E-state index in [-0.39, 0.29) is 6.04 Å². The molecule has 1 unspecified atom stereocenters. The van der Waals surface area contributed by atoms with Crippen molar-refractivity contribution in [2.45, 2.75) is 26.3 Å². The normalized spacial score (nSPS) is 13.5. The maximum Gasteiger partial charge on any atom is 0.134 e. The van der Waals surface area contributed by atoms with Gasteiger partial charge in [-0.3, -0.25) is 5.84 Å². The van der Waals surface area contributed by atoms with Gasteiger partial charge in [-0.2, -0.15) is 0 Å². The smallest absolute Gasteiger partial charge is 0.134 e. The van der Waals surface area contributed by atoms with Gasteiger partial charge in [0, 0.05) is 10.4 Å². The van der Waals surface area contributed by atoms with Gasteiger partial charge in [0.15, 0.2) is 0 Å². The summed E-state index contributed by atoms with van der Waals surface area (Å²) in [6.45, 7) is 4.31. The molecule has 2 rings (SSSR count). The predicted molar refractivity (Wildman–Crippen MR) is 70.7 cm³/mol. The number of furan rings is 1. The number of benzene rings is 1. The summed E-state index contributed by atoms with van der Waals surface area (Å²) in [4.78, 5) is 0. The van der Waals surface area contributed by atoms with Crippen molar-refractivity contribution >= 4 is 22.6 Å².